The molecule has 2 aromatic carbocycles. The van der Waals surface area contributed by atoms with E-state index in [9.17, 15) is 5.11 Å². The third-order valence-electron chi connectivity index (χ3n) is 3.51. The SMILES string of the molecule is COc1ccccc1OCc1cn(C)c2cc(O)ccc12. The molecule has 0 fully saturated rings. The lowest BCUT2D eigenvalue weighted by molar-refractivity contribution is 0.285. The number of fused-ring (bicyclic) bond motifs is 1. The van der Waals surface area contributed by atoms with Crippen LogP contribution in [0, 0.1) is 0 Å². The van der Waals surface area contributed by atoms with Gasteiger partial charge >= 0.3 is 0 Å². The lowest BCUT2D eigenvalue weighted by Gasteiger charge is -2.09. The standard InChI is InChI=1S/C17H17NO3/c1-18-10-12(14-8-7-13(19)9-15(14)18)11-21-17-6-4-3-5-16(17)20-2/h3-10,19H,11H2,1-2H3. The van der Waals surface area contributed by atoms with E-state index in [2.05, 4.69) is 0 Å². The van der Waals surface area contributed by atoms with Crippen molar-refractivity contribution in [3.63, 3.8) is 0 Å². The highest BCUT2D eigenvalue weighted by Gasteiger charge is 2.09. The van der Waals surface area contributed by atoms with Crippen molar-refractivity contribution in [1.29, 1.82) is 0 Å². The Morgan fingerprint density at radius 1 is 1.10 bits per heavy atom. The molecule has 0 saturated heterocycles. The highest BCUT2D eigenvalue weighted by molar-refractivity contribution is 5.85. The number of ether oxygens (including phenoxy) is 2. The van der Waals surface area contributed by atoms with Gasteiger partial charge in [-0.15, -0.1) is 0 Å². The van der Waals surface area contributed by atoms with E-state index < -0.39 is 0 Å². The first kappa shape index (κ1) is 13.4. The second-order valence-corrected chi connectivity index (χ2v) is 4.91. The molecule has 0 radical (unpaired) electrons. The third kappa shape index (κ3) is 2.52. The first-order valence-electron chi connectivity index (χ1n) is 6.72. The molecular formula is C17H17NO3. The van der Waals surface area contributed by atoms with E-state index in [0.717, 1.165) is 28.0 Å². The van der Waals surface area contributed by atoms with Gasteiger partial charge in [-0.3, -0.25) is 0 Å². The van der Waals surface area contributed by atoms with E-state index in [1.807, 2.05) is 48.1 Å². The lowest BCUT2D eigenvalue weighted by Crippen LogP contribution is -1.97. The summed E-state index contributed by atoms with van der Waals surface area (Å²) >= 11 is 0. The van der Waals surface area contributed by atoms with Gasteiger partial charge in [0.25, 0.3) is 0 Å². The van der Waals surface area contributed by atoms with Gasteiger partial charge in [0, 0.05) is 30.3 Å². The van der Waals surface area contributed by atoms with Gasteiger partial charge < -0.3 is 19.1 Å². The van der Waals surface area contributed by atoms with Crippen LogP contribution in [0.2, 0.25) is 0 Å². The number of aryl methyl sites for hydroxylation is 1. The van der Waals surface area contributed by atoms with E-state index in [4.69, 9.17) is 9.47 Å². The van der Waals surface area contributed by atoms with E-state index >= 15 is 0 Å². The topological polar surface area (TPSA) is 43.6 Å². The van der Waals surface area contributed by atoms with Crippen molar-refractivity contribution >= 4 is 10.9 Å². The largest absolute Gasteiger partial charge is 0.508 e. The zero-order valence-corrected chi connectivity index (χ0v) is 12.0. The van der Waals surface area contributed by atoms with Crippen molar-refractivity contribution in [2.45, 2.75) is 6.61 Å². The molecule has 1 aromatic heterocycles. The number of para-hydroxylation sites is 2. The predicted molar refractivity (Wildman–Crippen MR) is 81.9 cm³/mol. The van der Waals surface area contributed by atoms with Gasteiger partial charge in [-0.2, -0.15) is 0 Å². The number of aromatic nitrogens is 1. The van der Waals surface area contributed by atoms with Crippen LogP contribution in [0.4, 0.5) is 0 Å². The number of aromatic hydroxyl groups is 1. The first-order chi connectivity index (χ1) is 10.2. The number of hydrogen-bond donors (Lipinski definition) is 1. The van der Waals surface area contributed by atoms with Crippen molar-refractivity contribution in [1.82, 2.24) is 4.57 Å². The Bertz CT molecular complexity index is 777. The smallest absolute Gasteiger partial charge is 0.161 e. The highest BCUT2D eigenvalue weighted by Crippen LogP contribution is 2.29. The number of phenolic OH excluding ortho intramolecular Hbond substituents is 1. The van der Waals surface area contributed by atoms with E-state index in [1.165, 1.54) is 0 Å². The molecule has 0 unspecified atom stereocenters. The maximum absolute atomic E-state index is 9.58. The van der Waals surface area contributed by atoms with Crippen LogP contribution in [-0.2, 0) is 13.7 Å². The summed E-state index contributed by atoms with van der Waals surface area (Å²) in [6.45, 7) is 0.447. The van der Waals surface area contributed by atoms with Crippen LogP contribution in [0.5, 0.6) is 17.2 Å². The summed E-state index contributed by atoms with van der Waals surface area (Å²) in [7, 11) is 3.58. The summed E-state index contributed by atoms with van der Waals surface area (Å²) in [5.41, 5.74) is 2.05. The third-order valence-corrected chi connectivity index (χ3v) is 3.51. The van der Waals surface area contributed by atoms with Crippen molar-refractivity contribution in [3.05, 3.63) is 54.2 Å². The number of benzene rings is 2. The number of nitrogens with zero attached hydrogens (tertiary/aromatic N) is 1. The van der Waals surface area contributed by atoms with Gasteiger partial charge in [0.05, 0.1) is 12.6 Å². The second kappa shape index (κ2) is 5.40. The molecule has 4 nitrogen and oxygen atoms in total. The maximum Gasteiger partial charge on any atom is 0.161 e. The number of rotatable bonds is 4. The average Bonchev–Trinajstić information content (AvgIpc) is 2.81. The zero-order valence-electron chi connectivity index (χ0n) is 12.0. The molecule has 108 valence electrons. The summed E-state index contributed by atoms with van der Waals surface area (Å²) in [5.74, 6) is 1.70. The van der Waals surface area contributed by atoms with Gasteiger partial charge in [-0.25, -0.2) is 0 Å². The van der Waals surface area contributed by atoms with Crippen LogP contribution in [0.25, 0.3) is 10.9 Å². The monoisotopic (exact) mass is 283 g/mol. The molecule has 0 aliphatic heterocycles. The van der Waals surface area contributed by atoms with Crippen molar-refractivity contribution < 1.29 is 14.6 Å². The van der Waals surface area contributed by atoms with Crippen molar-refractivity contribution in [3.8, 4) is 17.2 Å². The Labute approximate surface area is 123 Å². The molecule has 1 N–H and O–H groups in total. The van der Waals surface area contributed by atoms with Crippen LogP contribution in [0.3, 0.4) is 0 Å². The quantitative estimate of drug-likeness (QED) is 0.797. The molecule has 3 rings (SSSR count). The molecule has 0 aliphatic carbocycles. The molecule has 4 heteroatoms. The minimum Gasteiger partial charge on any atom is -0.508 e. The fourth-order valence-corrected chi connectivity index (χ4v) is 2.46. The Kier molecular flexibility index (Phi) is 3.44. The summed E-state index contributed by atoms with van der Waals surface area (Å²) in [4.78, 5) is 0. The van der Waals surface area contributed by atoms with Crippen molar-refractivity contribution in [2.75, 3.05) is 7.11 Å². The van der Waals surface area contributed by atoms with Gasteiger partial charge in [-0.05, 0) is 24.3 Å². The number of hydrogen-bond acceptors (Lipinski definition) is 3. The van der Waals surface area contributed by atoms with Gasteiger partial charge in [0.15, 0.2) is 11.5 Å². The molecule has 0 aliphatic rings. The minimum absolute atomic E-state index is 0.265. The Morgan fingerprint density at radius 3 is 2.62 bits per heavy atom. The molecule has 0 bridgehead atoms. The van der Waals surface area contributed by atoms with Crippen LogP contribution < -0.4 is 9.47 Å². The van der Waals surface area contributed by atoms with Gasteiger partial charge in [0.2, 0.25) is 0 Å². The summed E-state index contributed by atoms with van der Waals surface area (Å²) in [6, 6.07) is 12.9. The van der Waals surface area contributed by atoms with Crippen LogP contribution in [0.15, 0.2) is 48.7 Å². The highest BCUT2D eigenvalue weighted by atomic mass is 16.5. The zero-order chi connectivity index (χ0) is 14.8. The summed E-state index contributed by atoms with van der Waals surface area (Å²) < 4.78 is 13.1. The van der Waals surface area contributed by atoms with Gasteiger partial charge in [0.1, 0.15) is 12.4 Å². The fraction of sp³-hybridized carbons (Fsp3) is 0.176. The van der Waals surface area contributed by atoms with E-state index in [-0.39, 0.29) is 5.75 Å². The van der Waals surface area contributed by atoms with Crippen molar-refractivity contribution in [2.24, 2.45) is 7.05 Å². The molecule has 0 saturated carbocycles. The molecule has 0 spiro atoms. The summed E-state index contributed by atoms with van der Waals surface area (Å²) in [5, 5.41) is 10.7. The van der Waals surface area contributed by atoms with E-state index in [1.54, 1.807) is 19.2 Å². The molecule has 3 aromatic rings. The molecule has 0 amide bonds. The number of phenols is 1. The molecule has 0 atom stereocenters. The Morgan fingerprint density at radius 2 is 1.86 bits per heavy atom. The lowest BCUT2D eigenvalue weighted by atomic mass is 10.2. The Hall–Kier alpha value is -2.62. The normalized spacial score (nSPS) is 10.8. The van der Waals surface area contributed by atoms with Gasteiger partial charge in [-0.1, -0.05) is 12.1 Å². The molecule has 1 heterocycles. The summed E-state index contributed by atoms with van der Waals surface area (Å²) in [6.07, 6.45) is 2.01. The van der Waals surface area contributed by atoms with E-state index in [0.29, 0.717) is 6.61 Å². The Balaban J connectivity index is 1.89. The first-order valence-corrected chi connectivity index (χ1v) is 6.72. The molecule has 21 heavy (non-hydrogen) atoms. The molecular weight excluding hydrogens is 266 g/mol. The minimum atomic E-state index is 0.265. The van der Waals surface area contributed by atoms with Crippen LogP contribution in [0.1, 0.15) is 5.56 Å². The maximum atomic E-state index is 9.58. The van der Waals surface area contributed by atoms with Crippen LogP contribution in [-0.4, -0.2) is 16.8 Å². The average molecular weight is 283 g/mol. The number of methoxy groups -OCH3 is 1. The predicted octanol–water partition coefficient (Wildman–Crippen LogP) is 3.47. The second-order valence-electron chi connectivity index (χ2n) is 4.91. The fourth-order valence-electron chi connectivity index (χ4n) is 2.46. The van der Waals surface area contributed by atoms with Crippen LogP contribution >= 0.6 is 0 Å².